The molecule has 0 bridgehead atoms. The molecular weight excluding hydrogens is 239 g/mol. The highest BCUT2D eigenvalue weighted by Crippen LogP contribution is 2.32. The molecule has 1 rings (SSSR count). The topological polar surface area (TPSA) is 60.2 Å². The number of hydrogen-bond donors (Lipinski definition) is 0. The summed E-state index contributed by atoms with van der Waals surface area (Å²) in [6.45, 7) is 0. The second-order valence-corrected chi connectivity index (χ2v) is 2.77. The van der Waals surface area contributed by atoms with Crippen molar-refractivity contribution in [3.63, 3.8) is 0 Å². The van der Waals surface area contributed by atoms with E-state index in [4.69, 9.17) is 11.6 Å². The predicted molar refractivity (Wildman–Crippen MR) is 43.4 cm³/mol. The van der Waals surface area contributed by atoms with Crippen LogP contribution in [0.5, 0.6) is 0 Å². The Hall–Kier alpha value is -1.63. The minimum atomic E-state index is -1.96. The number of rotatable bonds is 2. The van der Waals surface area contributed by atoms with Crippen LogP contribution in [0.4, 0.5) is 18.9 Å². The van der Waals surface area contributed by atoms with Gasteiger partial charge in [-0.3, -0.25) is 14.9 Å². The summed E-state index contributed by atoms with van der Waals surface area (Å²) in [5, 5.41) is 8.96. The van der Waals surface area contributed by atoms with Gasteiger partial charge in [-0.05, 0) is 0 Å². The van der Waals surface area contributed by atoms with Crippen LogP contribution in [0.1, 0.15) is 10.4 Å². The van der Waals surface area contributed by atoms with Gasteiger partial charge in [0.2, 0.25) is 5.82 Å². The van der Waals surface area contributed by atoms with Gasteiger partial charge in [0, 0.05) is 0 Å². The maximum atomic E-state index is 13.0. The third kappa shape index (κ3) is 1.65. The second-order valence-electron chi connectivity index (χ2n) is 2.39. The molecule has 80 valence electrons. The van der Waals surface area contributed by atoms with Crippen molar-refractivity contribution in [2.45, 2.75) is 0 Å². The van der Waals surface area contributed by atoms with Crippen molar-refractivity contribution in [3.05, 3.63) is 38.2 Å². The summed E-state index contributed by atoms with van der Waals surface area (Å²) in [6, 6.07) is 0. The molecule has 0 aliphatic heterocycles. The van der Waals surface area contributed by atoms with Crippen LogP contribution >= 0.6 is 11.6 Å². The highest BCUT2D eigenvalue weighted by atomic mass is 35.5. The van der Waals surface area contributed by atoms with Gasteiger partial charge in [0.05, 0.1) is 4.92 Å². The molecule has 0 aliphatic rings. The third-order valence-electron chi connectivity index (χ3n) is 1.58. The first-order valence-electron chi connectivity index (χ1n) is 3.37. The lowest BCUT2D eigenvalue weighted by Gasteiger charge is -2.02. The van der Waals surface area contributed by atoms with Crippen molar-refractivity contribution in [2.75, 3.05) is 0 Å². The first kappa shape index (κ1) is 11.4. The number of hydrogen-bond acceptors (Lipinski definition) is 3. The summed E-state index contributed by atoms with van der Waals surface area (Å²) in [5.74, 6) is -5.52. The van der Waals surface area contributed by atoms with E-state index in [-0.39, 0.29) is 6.29 Å². The monoisotopic (exact) mass is 239 g/mol. The molecule has 1 aromatic rings. The van der Waals surface area contributed by atoms with E-state index in [9.17, 15) is 28.1 Å². The number of nitro benzene ring substituents is 1. The van der Waals surface area contributed by atoms with Crippen molar-refractivity contribution in [3.8, 4) is 0 Å². The van der Waals surface area contributed by atoms with E-state index < -0.39 is 38.6 Å². The van der Waals surface area contributed by atoms with E-state index in [1.54, 1.807) is 0 Å². The second kappa shape index (κ2) is 3.85. The predicted octanol–water partition coefficient (Wildman–Crippen LogP) is 2.48. The average Bonchev–Trinajstić information content (AvgIpc) is 2.19. The number of aldehydes is 1. The molecule has 0 N–H and O–H groups in total. The molecule has 0 unspecified atom stereocenters. The van der Waals surface area contributed by atoms with Gasteiger partial charge in [-0.1, -0.05) is 11.6 Å². The Morgan fingerprint density at radius 1 is 1.20 bits per heavy atom. The summed E-state index contributed by atoms with van der Waals surface area (Å²) < 4.78 is 38.7. The van der Waals surface area contributed by atoms with Gasteiger partial charge in [-0.2, -0.15) is 4.39 Å². The highest BCUT2D eigenvalue weighted by molar-refractivity contribution is 6.31. The van der Waals surface area contributed by atoms with Crippen LogP contribution in [-0.2, 0) is 0 Å². The fraction of sp³-hybridized carbons (Fsp3) is 0. The van der Waals surface area contributed by atoms with Gasteiger partial charge < -0.3 is 0 Å². The highest BCUT2D eigenvalue weighted by Gasteiger charge is 2.31. The molecule has 0 spiro atoms. The van der Waals surface area contributed by atoms with Crippen LogP contribution in [0.15, 0.2) is 0 Å². The zero-order valence-corrected chi connectivity index (χ0v) is 7.52. The van der Waals surface area contributed by atoms with Gasteiger partial charge >= 0.3 is 5.69 Å². The van der Waals surface area contributed by atoms with E-state index in [0.717, 1.165) is 0 Å². The minimum absolute atomic E-state index is 0.304. The molecule has 8 heteroatoms. The van der Waals surface area contributed by atoms with E-state index in [0.29, 0.717) is 0 Å². The lowest BCUT2D eigenvalue weighted by atomic mass is 10.1. The summed E-state index contributed by atoms with van der Waals surface area (Å²) in [6.07, 6.45) is -0.304. The van der Waals surface area contributed by atoms with Crippen molar-refractivity contribution in [1.82, 2.24) is 0 Å². The summed E-state index contributed by atoms with van der Waals surface area (Å²) in [5.41, 5.74) is -2.78. The molecule has 0 aromatic heterocycles. The Labute approximate surface area is 85.4 Å². The summed E-state index contributed by atoms with van der Waals surface area (Å²) in [4.78, 5) is 19.1. The Morgan fingerprint density at radius 2 is 1.73 bits per heavy atom. The first-order chi connectivity index (χ1) is 6.91. The summed E-state index contributed by atoms with van der Waals surface area (Å²) >= 11 is 4.97. The zero-order valence-electron chi connectivity index (χ0n) is 6.76. The van der Waals surface area contributed by atoms with E-state index in [1.165, 1.54) is 0 Å². The van der Waals surface area contributed by atoms with Crippen LogP contribution in [0.2, 0.25) is 5.02 Å². The standard InChI is InChI=1S/C7HClF3NO3/c8-3-4(9)2(1-13)7(12(14)15)6(11)5(3)10/h1H. The van der Waals surface area contributed by atoms with E-state index in [1.807, 2.05) is 0 Å². The first-order valence-corrected chi connectivity index (χ1v) is 3.75. The van der Waals surface area contributed by atoms with Gasteiger partial charge in [0.25, 0.3) is 0 Å². The molecule has 1 aromatic carbocycles. The van der Waals surface area contributed by atoms with Gasteiger partial charge in [0.15, 0.2) is 17.9 Å². The van der Waals surface area contributed by atoms with Crippen molar-refractivity contribution < 1.29 is 22.9 Å². The third-order valence-corrected chi connectivity index (χ3v) is 1.91. The number of nitro groups is 1. The van der Waals surface area contributed by atoms with Crippen molar-refractivity contribution in [2.24, 2.45) is 0 Å². The molecule has 0 heterocycles. The fourth-order valence-electron chi connectivity index (χ4n) is 0.923. The quantitative estimate of drug-likeness (QED) is 0.262. The number of nitrogens with zero attached hydrogens (tertiary/aromatic N) is 1. The molecule has 0 saturated heterocycles. The average molecular weight is 240 g/mol. The Morgan fingerprint density at radius 3 is 2.13 bits per heavy atom. The number of benzene rings is 1. The molecule has 0 fully saturated rings. The lowest BCUT2D eigenvalue weighted by molar-refractivity contribution is -0.388. The molecule has 15 heavy (non-hydrogen) atoms. The molecule has 0 aliphatic carbocycles. The normalized spacial score (nSPS) is 10.1. The van der Waals surface area contributed by atoms with Crippen LogP contribution < -0.4 is 0 Å². The minimum Gasteiger partial charge on any atom is -0.297 e. The van der Waals surface area contributed by atoms with Crippen LogP contribution in [-0.4, -0.2) is 11.2 Å². The van der Waals surface area contributed by atoms with Gasteiger partial charge in [-0.15, -0.1) is 0 Å². The van der Waals surface area contributed by atoms with Crippen LogP contribution in [0.25, 0.3) is 0 Å². The smallest absolute Gasteiger partial charge is 0.297 e. The molecule has 4 nitrogen and oxygen atoms in total. The Balaban J connectivity index is 3.78. The van der Waals surface area contributed by atoms with Crippen LogP contribution in [0.3, 0.4) is 0 Å². The SMILES string of the molecule is O=Cc1c(F)c(Cl)c(F)c(F)c1[N+](=O)[O-]. The lowest BCUT2D eigenvalue weighted by Crippen LogP contribution is -2.05. The molecule has 0 saturated carbocycles. The molecular formula is C7HClF3NO3. The van der Waals surface area contributed by atoms with E-state index >= 15 is 0 Å². The van der Waals surface area contributed by atoms with Gasteiger partial charge in [0.1, 0.15) is 10.6 Å². The van der Waals surface area contributed by atoms with Gasteiger partial charge in [-0.25, -0.2) is 8.78 Å². The number of carbonyl (C=O) groups excluding carboxylic acids is 1. The van der Waals surface area contributed by atoms with Crippen LogP contribution in [0, 0.1) is 27.6 Å². The number of carbonyl (C=O) groups is 1. The molecule has 0 radical (unpaired) electrons. The maximum absolute atomic E-state index is 13.0. The summed E-state index contributed by atoms with van der Waals surface area (Å²) in [7, 11) is 0. The maximum Gasteiger partial charge on any atom is 0.321 e. The molecule has 0 amide bonds. The van der Waals surface area contributed by atoms with Crippen molar-refractivity contribution >= 4 is 23.6 Å². The zero-order chi connectivity index (χ0) is 11.7. The molecule has 0 atom stereocenters. The number of halogens is 4. The van der Waals surface area contributed by atoms with E-state index in [2.05, 4.69) is 0 Å². The Kier molecular flexibility index (Phi) is 2.94. The Bertz CT molecular complexity index is 464. The van der Waals surface area contributed by atoms with Crippen molar-refractivity contribution in [1.29, 1.82) is 0 Å². The largest absolute Gasteiger partial charge is 0.321 e. The fourth-order valence-corrected chi connectivity index (χ4v) is 1.11.